The minimum atomic E-state index is -4.42. The third kappa shape index (κ3) is 8.73. The van der Waals surface area contributed by atoms with Crippen LogP contribution in [-0.4, -0.2) is 80.8 Å². The standard InChI is InChI=1S/C15H26F3N3O3.ClH/c1-3-20(11-15(16,17)18)14(23)12-5-4-7-21(10-12)13(22)9-19-6-8-24-2;/h12,19H,3-11H2,1-2H3;1H. The largest absolute Gasteiger partial charge is 0.406 e. The van der Waals surface area contributed by atoms with Crippen molar-refractivity contribution >= 4 is 24.2 Å². The van der Waals surface area contributed by atoms with Crippen LogP contribution < -0.4 is 5.32 Å². The van der Waals surface area contributed by atoms with Gasteiger partial charge in [-0.05, 0) is 19.8 Å². The fourth-order valence-electron chi connectivity index (χ4n) is 2.71. The Hall–Kier alpha value is -1.06. The number of amides is 2. The molecule has 1 fully saturated rings. The van der Waals surface area contributed by atoms with Gasteiger partial charge >= 0.3 is 6.18 Å². The molecule has 0 aliphatic carbocycles. The van der Waals surface area contributed by atoms with Crippen LogP contribution >= 0.6 is 12.4 Å². The molecule has 0 aromatic heterocycles. The van der Waals surface area contributed by atoms with Crippen LogP contribution in [0, 0.1) is 5.92 Å². The maximum atomic E-state index is 12.6. The van der Waals surface area contributed by atoms with Crippen LogP contribution in [0.5, 0.6) is 0 Å². The number of ether oxygens (including phenoxy) is 1. The highest BCUT2D eigenvalue weighted by atomic mass is 35.5. The van der Waals surface area contributed by atoms with Crippen LogP contribution in [0.4, 0.5) is 13.2 Å². The summed E-state index contributed by atoms with van der Waals surface area (Å²) >= 11 is 0. The maximum Gasteiger partial charge on any atom is 0.406 e. The fraction of sp³-hybridized carbons (Fsp3) is 0.867. The molecule has 1 aliphatic heterocycles. The number of rotatable bonds is 8. The summed E-state index contributed by atoms with van der Waals surface area (Å²) in [6.07, 6.45) is -3.29. The predicted molar refractivity (Wildman–Crippen MR) is 89.6 cm³/mol. The second-order valence-electron chi connectivity index (χ2n) is 5.82. The van der Waals surface area contributed by atoms with Gasteiger partial charge in [0.25, 0.3) is 0 Å². The highest BCUT2D eigenvalue weighted by Gasteiger charge is 2.36. The third-order valence-electron chi connectivity index (χ3n) is 3.95. The molecule has 2 amide bonds. The number of hydrogen-bond acceptors (Lipinski definition) is 4. The minimum Gasteiger partial charge on any atom is -0.383 e. The summed E-state index contributed by atoms with van der Waals surface area (Å²) in [6.45, 7) is 2.13. The summed E-state index contributed by atoms with van der Waals surface area (Å²) in [7, 11) is 1.56. The number of alkyl halides is 3. The molecule has 10 heteroatoms. The molecule has 148 valence electrons. The van der Waals surface area contributed by atoms with Crippen molar-refractivity contribution in [2.45, 2.75) is 25.9 Å². The zero-order chi connectivity index (χ0) is 18.2. The first-order valence-corrected chi connectivity index (χ1v) is 8.11. The summed E-state index contributed by atoms with van der Waals surface area (Å²) in [4.78, 5) is 26.8. The number of piperidine rings is 1. The molecule has 1 atom stereocenters. The van der Waals surface area contributed by atoms with Crippen LogP contribution in [0.25, 0.3) is 0 Å². The number of hydrogen-bond donors (Lipinski definition) is 1. The first-order valence-electron chi connectivity index (χ1n) is 8.11. The lowest BCUT2D eigenvalue weighted by atomic mass is 9.96. The Kier molecular flexibility index (Phi) is 11.0. The molecule has 0 aromatic rings. The molecule has 1 saturated heterocycles. The van der Waals surface area contributed by atoms with Crippen molar-refractivity contribution < 1.29 is 27.5 Å². The Morgan fingerprint density at radius 2 is 2.04 bits per heavy atom. The van der Waals surface area contributed by atoms with Crippen LogP contribution in [0.15, 0.2) is 0 Å². The summed E-state index contributed by atoms with van der Waals surface area (Å²) in [5, 5.41) is 2.93. The topological polar surface area (TPSA) is 61.9 Å². The van der Waals surface area contributed by atoms with Gasteiger partial charge in [-0.2, -0.15) is 13.2 Å². The summed E-state index contributed by atoms with van der Waals surface area (Å²) in [5.74, 6) is -1.24. The van der Waals surface area contributed by atoms with E-state index in [1.54, 1.807) is 12.0 Å². The van der Waals surface area contributed by atoms with E-state index in [1.807, 2.05) is 0 Å². The van der Waals surface area contributed by atoms with Gasteiger partial charge in [-0.25, -0.2) is 0 Å². The molecule has 0 saturated carbocycles. The van der Waals surface area contributed by atoms with Gasteiger partial charge in [0.2, 0.25) is 11.8 Å². The summed E-state index contributed by atoms with van der Waals surface area (Å²) in [6, 6.07) is 0. The SMILES string of the molecule is CCN(CC(F)(F)F)C(=O)C1CCCN(C(=O)CNCCOC)C1.Cl. The molecule has 1 rings (SSSR count). The van der Waals surface area contributed by atoms with Gasteiger partial charge in [-0.3, -0.25) is 9.59 Å². The van der Waals surface area contributed by atoms with Crippen LogP contribution in [0.2, 0.25) is 0 Å². The maximum absolute atomic E-state index is 12.6. The average Bonchev–Trinajstić information content (AvgIpc) is 2.55. The number of carbonyl (C=O) groups excluding carboxylic acids is 2. The number of nitrogens with zero attached hydrogens (tertiary/aromatic N) is 2. The lowest BCUT2D eigenvalue weighted by Gasteiger charge is -2.35. The third-order valence-corrected chi connectivity index (χ3v) is 3.95. The molecule has 0 radical (unpaired) electrons. The quantitative estimate of drug-likeness (QED) is 0.635. The van der Waals surface area contributed by atoms with E-state index in [4.69, 9.17) is 4.74 Å². The van der Waals surface area contributed by atoms with Crippen molar-refractivity contribution in [1.29, 1.82) is 0 Å². The van der Waals surface area contributed by atoms with E-state index in [9.17, 15) is 22.8 Å². The molecule has 0 bridgehead atoms. The Morgan fingerprint density at radius 3 is 2.60 bits per heavy atom. The second kappa shape index (κ2) is 11.5. The molecule has 1 N–H and O–H groups in total. The first kappa shape index (κ1) is 23.9. The van der Waals surface area contributed by atoms with Crippen molar-refractivity contribution in [1.82, 2.24) is 15.1 Å². The number of methoxy groups -OCH3 is 1. The zero-order valence-corrected chi connectivity index (χ0v) is 15.4. The first-order chi connectivity index (χ1) is 11.3. The number of halogens is 4. The number of likely N-dealkylation sites (tertiary alicyclic amines) is 1. The van der Waals surface area contributed by atoms with E-state index in [-0.39, 0.29) is 37.9 Å². The minimum absolute atomic E-state index is 0. The van der Waals surface area contributed by atoms with Gasteiger partial charge in [0, 0.05) is 33.3 Å². The van der Waals surface area contributed by atoms with E-state index in [0.717, 1.165) is 4.90 Å². The van der Waals surface area contributed by atoms with Crippen molar-refractivity contribution in [2.24, 2.45) is 5.92 Å². The molecule has 0 spiro atoms. The van der Waals surface area contributed by atoms with Crippen LogP contribution in [-0.2, 0) is 14.3 Å². The lowest BCUT2D eigenvalue weighted by Crippen LogP contribution is -2.50. The van der Waals surface area contributed by atoms with Crippen molar-refractivity contribution in [2.75, 3.05) is 53.0 Å². The van der Waals surface area contributed by atoms with Gasteiger partial charge < -0.3 is 19.9 Å². The van der Waals surface area contributed by atoms with Gasteiger partial charge in [-0.15, -0.1) is 12.4 Å². The Labute approximate surface area is 152 Å². The molecule has 1 aliphatic rings. The van der Waals surface area contributed by atoms with E-state index in [1.165, 1.54) is 6.92 Å². The predicted octanol–water partition coefficient (Wildman–Crippen LogP) is 1.29. The van der Waals surface area contributed by atoms with E-state index < -0.39 is 24.5 Å². The highest BCUT2D eigenvalue weighted by Crippen LogP contribution is 2.22. The molecular formula is C15H27ClF3N3O3. The molecule has 25 heavy (non-hydrogen) atoms. The van der Waals surface area contributed by atoms with Crippen LogP contribution in [0.3, 0.4) is 0 Å². The molecule has 0 aromatic carbocycles. The smallest absolute Gasteiger partial charge is 0.383 e. The van der Waals surface area contributed by atoms with Gasteiger partial charge in [-0.1, -0.05) is 0 Å². The zero-order valence-electron chi connectivity index (χ0n) is 14.6. The monoisotopic (exact) mass is 389 g/mol. The van der Waals surface area contributed by atoms with Gasteiger partial charge in [0.05, 0.1) is 19.1 Å². The molecule has 6 nitrogen and oxygen atoms in total. The number of nitrogens with one attached hydrogen (secondary N) is 1. The van der Waals surface area contributed by atoms with E-state index >= 15 is 0 Å². The molecule has 1 heterocycles. The summed E-state index contributed by atoms with van der Waals surface area (Å²) < 4.78 is 42.5. The van der Waals surface area contributed by atoms with Crippen molar-refractivity contribution in [3.8, 4) is 0 Å². The highest BCUT2D eigenvalue weighted by molar-refractivity contribution is 5.85. The van der Waals surface area contributed by atoms with Crippen molar-refractivity contribution in [3.63, 3.8) is 0 Å². The number of carbonyl (C=O) groups is 2. The fourth-order valence-corrected chi connectivity index (χ4v) is 2.71. The van der Waals surface area contributed by atoms with E-state index in [0.29, 0.717) is 32.5 Å². The molecule has 1 unspecified atom stereocenters. The average molecular weight is 390 g/mol. The normalized spacial score (nSPS) is 17.8. The van der Waals surface area contributed by atoms with Gasteiger partial charge in [0.1, 0.15) is 6.54 Å². The van der Waals surface area contributed by atoms with Crippen LogP contribution in [0.1, 0.15) is 19.8 Å². The Morgan fingerprint density at radius 1 is 1.36 bits per heavy atom. The summed E-state index contributed by atoms with van der Waals surface area (Å²) in [5.41, 5.74) is 0. The van der Waals surface area contributed by atoms with Crippen molar-refractivity contribution in [3.05, 3.63) is 0 Å². The molecular weight excluding hydrogens is 363 g/mol. The van der Waals surface area contributed by atoms with Gasteiger partial charge in [0.15, 0.2) is 0 Å². The lowest BCUT2D eigenvalue weighted by molar-refractivity contribution is -0.164. The second-order valence-corrected chi connectivity index (χ2v) is 5.82. The van der Waals surface area contributed by atoms with E-state index in [2.05, 4.69) is 5.32 Å². The Bertz CT molecular complexity index is 425. The Balaban J connectivity index is 0.00000576.